The standard InChI is InChI=1S/C17H16ClN/c1-2-8-17(14-9-4-3-5-10-14)19-13-15-11-6-7-12-16(15)18/h2-13,17H,1H3/b8-2+,19-13?. The molecule has 0 saturated carbocycles. The van der Waals surface area contributed by atoms with Crippen LogP contribution in [0.15, 0.2) is 71.7 Å². The van der Waals surface area contributed by atoms with Gasteiger partial charge in [0.05, 0.1) is 6.04 Å². The van der Waals surface area contributed by atoms with Crippen molar-refractivity contribution in [2.75, 3.05) is 0 Å². The lowest BCUT2D eigenvalue weighted by atomic mass is 10.1. The smallest absolute Gasteiger partial charge is 0.0930 e. The van der Waals surface area contributed by atoms with E-state index in [0.717, 1.165) is 10.6 Å². The molecular weight excluding hydrogens is 254 g/mol. The molecule has 0 aromatic heterocycles. The topological polar surface area (TPSA) is 12.4 Å². The minimum atomic E-state index is 0.0301. The van der Waals surface area contributed by atoms with Gasteiger partial charge in [-0.3, -0.25) is 4.99 Å². The number of aliphatic imine (C=N–C) groups is 1. The van der Waals surface area contributed by atoms with Crippen LogP contribution in [0.2, 0.25) is 5.02 Å². The third kappa shape index (κ3) is 3.80. The third-order valence-electron chi connectivity index (χ3n) is 2.80. The van der Waals surface area contributed by atoms with E-state index in [2.05, 4.69) is 23.2 Å². The third-order valence-corrected chi connectivity index (χ3v) is 3.14. The van der Waals surface area contributed by atoms with Gasteiger partial charge < -0.3 is 0 Å². The summed E-state index contributed by atoms with van der Waals surface area (Å²) in [5, 5.41) is 0.721. The van der Waals surface area contributed by atoms with Crippen molar-refractivity contribution < 1.29 is 0 Å². The van der Waals surface area contributed by atoms with Crippen molar-refractivity contribution in [2.45, 2.75) is 13.0 Å². The Bertz CT molecular complexity index is 573. The summed E-state index contributed by atoms with van der Waals surface area (Å²) in [6.45, 7) is 2.00. The van der Waals surface area contributed by atoms with E-state index in [-0.39, 0.29) is 6.04 Å². The van der Waals surface area contributed by atoms with E-state index in [0.29, 0.717) is 0 Å². The van der Waals surface area contributed by atoms with E-state index in [1.54, 1.807) is 0 Å². The Labute approximate surface area is 119 Å². The van der Waals surface area contributed by atoms with Gasteiger partial charge in [-0.2, -0.15) is 0 Å². The van der Waals surface area contributed by atoms with Gasteiger partial charge in [0.2, 0.25) is 0 Å². The zero-order valence-corrected chi connectivity index (χ0v) is 11.6. The van der Waals surface area contributed by atoms with Gasteiger partial charge in [-0.25, -0.2) is 0 Å². The predicted molar refractivity (Wildman–Crippen MR) is 83.0 cm³/mol. The molecule has 96 valence electrons. The zero-order valence-electron chi connectivity index (χ0n) is 10.8. The summed E-state index contributed by atoms with van der Waals surface area (Å²) in [7, 11) is 0. The van der Waals surface area contributed by atoms with E-state index in [4.69, 9.17) is 11.6 Å². The Morgan fingerprint density at radius 1 is 1.00 bits per heavy atom. The first-order valence-electron chi connectivity index (χ1n) is 6.26. The highest BCUT2D eigenvalue weighted by Gasteiger charge is 2.04. The Hall–Kier alpha value is -1.86. The molecule has 0 fully saturated rings. The lowest BCUT2D eigenvalue weighted by Gasteiger charge is -2.08. The fourth-order valence-electron chi connectivity index (χ4n) is 1.82. The first kappa shape index (κ1) is 13.6. The minimum Gasteiger partial charge on any atom is -0.280 e. The van der Waals surface area contributed by atoms with Crippen LogP contribution in [0.25, 0.3) is 0 Å². The normalized spacial score (nSPS) is 13.2. The molecule has 0 spiro atoms. The Balaban J connectivity index is 2.25. The van der Waals surface area contributed by atoms with Crippen LogP contribution in [-0.2, 0) is 0 Å². The van der Waals surface area contributed by atoms with Crippen molar-refractivity contribution in [2.24, 2.45) is 4.99 Å². The van der Waals surface area contributed by atoms with Gasteiger partial charge >= 0.3 is 0 Å². The van der Waals surface area contributed by atoms with Gasteiger partial charge in [0.25, 0.3) is 0 Å². The average molecular weight is 270 g/mol. The van der Waals surface area contributed by atoms with Gasteiger partial charge in [0, 0.05) is 16.8 Å². The largest absolute Gasteiger partial charge is 0.280 e. The van der Waals surface area contributed by atoms with E-state index < -0.39 is 0 Å². The number of nitrogens with zero attached hydrogens (tertiary/aromatic N) is 1. The maximum atomic E-state index is 6.12. The van der Waals surface area contributed by atoms with Crippen LogP contribution in [0, 0.1) is 0 Å². The summed E-state index contributed by atoms with van der Waals surface area (Å²) < 4.78 is 0. The van der Waals surface area contributed by atoms with Gasteiger partial charge in [0.1, 0.15) is 0 Å². The van der Waals surface area contributed by atoms with Gasteiger partial charge in [-0.15, -0.1) is 0 Å². The van der Waals surface area contributed by atoms with Crippen LogP contribution in [0.4, 0.5) is 0 Å². The van der Waals surface area contributed by atoms with Gasteiger partial charge in [0.15, 0.2) is 0 Å². The van der Waals surface area contributed by atoms with E-state index in [1.807, 2.05) is 61.7 Å². The molecule has 1 unspecified atom stereocenters. The molecule has 0 aliphatic carbocycles. The summed E-state index contributed by atoms with van der Waals surface area (Å²) in [5.41, 5.74) is 2.11. The molecule has 0 N–H and O–H groups in total. The van der Waals surface area contributed by atoms with Crippen molar-refractivity contribution in [3.63, 3.8) is 0 Å². The van der Waals surface area contributed by atoms with Crippen LogP contribution in [0.5, 0.6) is 0 Å². The second kappa shape index (κ2) is 6.91. The van der Waals surface area contributed by atoms with Gasteiger partial charge in [-0.05, 0) is 18.6 Å². The highest BCUT2D eigenvalue weighted by Crippen LogP contribution is 2.20. The van der Waals surface area contributed by atoms with Crippen molar-refractivity contribution in [3.8, 4) is 0 Å². The lowest BCUT2D eigenvalue weighted by molar-refractivity contribution is 0.916. The molecule has 1 atom stereocenters. The molecule has 0 radical (unpaired) electrons. The number of hydrogen-bond acceptors (Lipinski definition) is 1. The van der Waals surface area contributed by atoms with Gasteiger partial charge in [-0.1, -0.05) is 72.3 Å². The van der Waals surface area contributed by atoms with Crippen molar-refractivity contribution in [1.29, 1.82) is 0 Å². The molecule has 0 saturated heterocycles. The highest BCUT2D eigenvalue weighted by atomic mass is 35.5. The number of rotatable bonds is 4. The van der Waals surface area contributed by atoms with Crippen LogP contribution >= 0.6 is 11.6 Å². The minimum absolute atomic E-state index is 0.0301. The quantitative estimate of drug-likeness (QED) is 0.542. The van der Waals surface area contributed by atoms with Crippen LogP contribution in [-0.4, -0.2) is 6.21 Å². The summed E-state index contributed by atoms with van der Waals surface area (Å²) in [6, 6.07) is 18.0. The second-order valence-corrected chi connectivity index (χ2v) is 4.59. The maximum absolute atomic E-state index is 6.12. The summed E-state index contributed by atoms with van der Waals surface area (Å²) in [4.78, 5) is 4.62. The van der Waals surface area contributed by atoms with E-state index >= 15 is 0 Å². The second-order valence-electron chi connectivity index (χ2n) is 4.18. The summed E-state index contributed by atoms with van der Waals surface area (Å²) in [5.74, 6) is 0. The molecule has 1 nitrogen and oxygen atoms in total. The average Bonchev–Trinajstić information content (AvgIpc) is 2.46. The molecule has 0 amide bonds. The van der Waals surface area contributed by atoms with Crippen molar-refractivity contribution >= 4 is 17.8 Å². The number of benzene rings is 2. The Morgan fingerprint density at radius 2 is 1.68 bits per heavy atom. The highest BCUT2D eigenvalue weighted by molar-refractivity contribution is 6.33. The molecular formula is C17H16ClN. The van der Waals surface area contributed by atoms with Crippen LogP contribution in [0.3, 0.4) is 0 Å². The molecule has 0 bridgehead atoms. The monoisotopic (exact) mass is 269 g/mol. The molecule has 0 heterocycles. The van der Waals surface area contributed by atoms with E-state index in [1.165, 1.54) is 5.56 Å². The molecule has 2 heteroatoms. The SMILES string of the molecule is C/C=C/C(N=Cc1ccccc1Cl)c1ccccc1. The van der Waals surface area contributed by atoms with Crippen LogP contribution < -0.4 is 0 Å². The maximum Gasteiger partial charge on any atom is 0.0930 e. The molecule has 2 rings (SSSR count). The van der Waals surface area contributed by atoms with Crippen molar-refractivity contribution in [1.82, 2.24) is 0 Å². The fraction of sp³-hybridized carbons (Fsp3) is 0.118. The lowest BCUT2D eigenvalue weighted by Crippen LogP contribution is -1.93. The van der Waals surface area contributed by atoms with E-state index in [9.17, 15) is 0 Å². The van der Waals surface area contributed by atoms with Crippen LogP contribution in [0.1, 0.15) is 24.1 Å². The van der Waals surface area contributed by atoms with Crippen molar-refractivity contribution in [3.05, 3.63) is 82.9 Å². The number of halogens is 1. The summed E-state index contributed by atoms with van der Waals surface area (Å²) >= 11 is 6.12. The molecule has 2 aromatic rings. The first-order valence-corrected chi connectivity index (χ1v) is 6.64. The Kier molecular flexibility index (Phi) is 4.93. The fourth-order valence-corrected chi connectivity index (χ4v) is 2.00. The predicted octanol–water partition coefficient (Wildman–Crippen LogP) is 5.08. The first-order chi connectivity index (χ1) is 9.31. The molecule has 0 aliphatic heterocycles. The molecule has 19 heavy (non-hydrogen) atoms. The Morgan fingerprint density at radius 3 is 2.37 bits per heavy atom. The molecule has 0 aliphatic rings. The number of hydrogen-bond donors (Lipinski definition) is 0. The number of allylic oxidation sites excluding steroid dienone is 1. The zero-order chi connectivity index (χ0) is 13.5. The summed E-state index contributed by atoms with van der Waals surface area (Å²) in [6.07, 6.45) is 5.92. The molecule has 2 aromatic carbocycles.